The van der Waals surface area contributed by atoms with Crippen LogP contribution in [0.15, 0.2) is 72.8 Å². The quantitative estimate of drug-likeness (QED) is 0.405. The number of aromatic nitrogens is 2. The zero-order chi connectivity index (χ0) is 22.8. The minimum Gasteiger partial charge on any atom is -0.342 e. The summed E-state index contributed by atoms with van der Waals surface area (Å²) in [6.45, 7) is 5.77. The zero-order valence-corrected chi connectivity index (χ0v) is 19.5. The third-order valence-electron chi connectivity index (χ3n) is 6.90. The molecular formula is C29H31N3O. The van der Waals surface area contributed by atoms with Crippen LogP contribution in [0.25, 0.3) is 11.0 Å². The summed E-state index contributed by atoms with van der Waals surface area (Å²) in [5.74, 6) is 1.35. The number of carbonyl (C=O) groups excluding carboxylic acids is 1. The molecule has 1 aliphatic rings. The van der Waals surface area contributed by atoms with Crippen LogP contribution >= 0.6 is 0 Å². The van der Waals surface area contributed by atoms with Crippen molar-refractivity contribution in [1.29, 1.82) is 0 Å². The predicted octanol–water partition coefficient (Wildman–Crippen LogP) is 5.65. The van der Waals surface area contributed by atoms with Gasteiger partial charge in [-0.1, -0.05) is 66.2 Å². The summed E-state index contributed by atoms with van der Waals surface area (Å²) >= 11 is 0. The van der Waals surface area contributed by atoms with E-state index in [0.717, 1.165) is 49.3 Å². The van der Waals surface area contributed by atoms with Crippen LogP contribution in [0.4, 0.5) is 0 Å². The van der Waals surface area contributed by atoms with Gasteiger partial charge >= 0.3 is 0 Å². The molecule has 0 spiro atoms. The Labute approximate surface area is 195 Å². The van der Waals surface area contributed by atoms with Gasteiger partial charge in [0, 0.05) is 25.6 Å². The first-order valence-corrected chi connectivity index (χ1v) is 11.9. The monoisotopic (exact) mass is 437 g/mol. The fourth-order valence-electron chi connectivity index (χ4n) is 5.04. The molecule has 1 fully saturated rings. The van der Waals surface area contributed by atoms with Crippen molar-refractivity contribution in [2.75, 3.05) is 13.1 Å². The number of aryl methyl sites for hydroxylation is 2. The lowest BCUT2D eigenvalue weighted by molar-refractivity contribution is -0.131. The van der Waals surface area contributed by atoms with Gasteiger partial charge in [-0.3, -0.25) is 4.79 Å². The number of likely N-dealkylation sites (tertiary alicyclic amines) is 1. The minimum absolute atomic E-state index is 0.238. The van der Waals surface area contributed by atoms with Crippen molar-refractivity contribution < 1.29 is 4.79 Å². The van der Waals surface area contributed by atoms with Crippen LogP contribution in [0.5, 0.6) is 0 Å². The van der Waals surface area contributed by atoms with Crippen LogP contribution in [-0.2, 0) is 17.6 Å². The van der Waals surface area contributed by atoms with Crippen molar-refractivity contribution in [2.45, 2.75) is 45.6 Å². The molecular weight excluding hydrogens is 406 g/mol. The summed E-state index contributed by atoms with van der Waals surface area (Å²) in [6, 6.07) is 25.7. The Kier molecular flexibility index (Phi) is 5.99. The Balaban J connectivity index is 1.33. The molecule has 0 aliphatic carbocycles. The maximum Gasteiger partial charge on any atom is 0.227 e. The number of piperidine rings is 1. The van der Waals surface area contributed by atoms with Gasteiger partial charge in [-0.2, -0.15) is 0 Å². The molecule has 1 aliphatic heterocycles. The van der Waals surface area contributed by atoms with Crippen LogP contribution in [0.1, 0.15) is 47.0 Å². The highest BCUT2D eigenvalue weighted by atomic mass is 16.2. The predicted molar refractivity (Wildman–Crippen MR) is 133 cm³/mol. The molecule has 0 bridgehead atoms. The molecule has 168 valence electrons. The molecule has 0 saturated carbocycles. The Morgan fingerprint density at radius 1 is 0.939 bits per heavy atom. The summed E-state index contributed by atoms with van der Waals surface area (Å²) in [6.07, 6.45) is 3.23. The molecule has 33 heavy (non-hydrogen) atoms. The third kappa shape index (κ3) is 4.56. The van der Waals surface area contributed by atoms with Gasteiger partial charge in [-0.25, -0.2) is 4.98 Å². The number of imidazole rings is 1. The van der Waals surface area contributed by atoms with Gasteiger partial charge in [0.2, 0.25) is 5.91 Å². The average Bonchev–Trinajstić information content (AvgIpc) is 3.20. The van der Waals surface area contributed by atoms with E-state index in [4.69, 9.17) is 4.98 Å². The summed E-state index contributed by atoms with van der Waals surface area (Å²) in [5, 5.41) is 0. The second kappa shape index (κ2) is 9.22. The highest BCUT2D eigenvalue weighted by Crippen LogP contribution is 2.30. The van der Waals surface area contributed by atoms with Crippen molar-refractivity contribution in [1.82, 2.24) is 14.5 Å². The Morgan fingerprint density at radius 2 is 1.67 bits per heavy atom. The number of hydrogen-bond acceptors (Lipinski definition) is 2. The number of nitrogens with zero attached hydrogens (tertiary/aromatic N) is 3. The second-order valence-corrected chi connectivity index (χ2v) is 9.27. The molecule has 1 aromatic heterocycles. The van der Waals surface area contributed by atoms with E-state index in [1.54, 1.807) is 0 Å². The van der Waals surface area contributed by atoms with E-state index in [9.17, 15) is 4.79 Å². The molecule has 1 saturated heterocycles. The molecule has 0 radical (unpaired) electrons. The van der Waals surface area contributed by atoms with Crippen LogP contribution < -0.4 is 0 Å². The van der Waals surface area contributed by atoms with E-state index in [1.807, 2.05) is 4.90 Å². The Morgan fingerprint density at radius 3 is 2.45 bits per heavy atom. The van der Waals surface area contributed by atoms with E-state index in [-0.39, 0.29) is 5.91 Å². The topological polar surface area (TPSA) is 38.1 Å². The van der Waals surface area contributed by atoms with Gasteiger partial charge in [-0.15, -0.1) is 0 Å². The molecule has 2 heterocycles. The number of amides is 1. The van der Waals surface area contributed by atoms with Crippen LogP contribution in [0.3, 0.4) is 0 Å². The minimum atomic E-state index is 0.238. The Bertz CT molecular complexity index is 1270. The highest BCUT2D eigenvalue weighted by Gasteiger charge is 2.27. The lowest BCUT2D eigenvalue weighted by atomic mass is 10.00. The molecule has 1 amide bonds. The summed E-state index contributed by atoms with van der Waals surface area (Å²) in [7, 11) is 0. The molecule has 4 nitrogen and oxygen atoms in total. The molecule has 4 heteroatoms. The number of fused-ring (bicyclic) bond motifs is 1. The van der Waals surface area contributed by atoms with E-state index >= 15 is 0 Å². The van der Waals surface area contributed by atoms with Crippen molar-refractivity contribution in [3.63, 3.8) is 0 Å². The molecule has 5 rings (SSSR count). The normalized spacial score (nSPS) is 14.7. The number of hydrogen-bond donors (Lipinski definition) is 0. The first-order valence-electron chi connectivity index (χ1n) is 11.9. The summed E-state index contributed by atoms with van der Waals surface area (Å²) in [4.78, 5) is 20.1. The van der Waals surface area contributed by atoms with Crippen LogP contribution in [0, 0.1) is 13.8 Å². The van der Waals surface area contributed by atoms with Crippen molar-refractivity contribution in [3.8, 4) is 0 Å². The van der Waals surface area contributed by atoms with Crippen molar-refractivity contribution >= 4 is 16.9 Å². The summed E-state index contributed by atoms with van der Waals surface area (Å²) in [5.41, 5.74) is 7.07. The lowest BCUT2D eigenvalue weighted by Gasteiger charge is -2.34. The van der Waals surface area contributed by atoms with Crippen molar-refractivity contribution in [2.24, 2.45) is 0 Å². The first kappa shape index (κ1) is 21.4. The fourth-order valence-corrected chi connectivity index (χ4v) is 5.04. The van der Waals surface area contributed by atoms with Gasteiger partial charge in [0.15, 0.2) is 0 Å². The molecule has 4 aromatic rings. The van der Waals surface area contributed by atoms with E-state index in [0.29, 0.717) is 12.5 Å². The third-order valence-corrected chi connectivity index (χ3v) is 6.90. The van der Waals surface area contributed by atoms with Gasteiger partial charge < -0.3 is 9.47 Å². The molecule has 3 aromatic carbocycles. The first-order chi connectivity index (χ1) is 16.1. The SMILES string of the molecule is Cc1ccc(C)c(CC(=O)N2CCC(n3c(Cc4ccccc4)nc4ccccc43)CC2)c1. The summed E-state index contributed by atoms with van der Waals surface area (Å²) < 4.78 is 2.44. The van der Waals surface area contributed by atoms with E-state index in [2.05, 4.69) is 91.2 Å². The second-order valence-electron chi connectivity index (χ2n) is 9.27. The average molecular weight is 438 g/mol. The number of para-hydroxylation sites is 2. The highest BCUT2D eigenvalue weighted by molar-refractivity contribution is 5.79. The van der Waals surface area contributed by atoms with Crippen LogP contribution in [0.2, 0.25) is 0 Å². The fraction of sp³-hybridized carbons (Fsp3) is 0.310. The molecule has 0 atom stereocenters. The van der Waals surface area contributed by atoms with Gasteiger partial charge in [0.25, 0.3) is 0 Å². The standard InChI is InChI=1S/C29H31N3O/c1-21-12-13-22(2)24(18-21)20-29(33)31-16-14-25(15-17-31)32-27-11-7-6-10-26(27)30-28(32)19-23-8-4-3-5-9-23/h3-13,18,25H,14-17,19-20H2,1-2H3. The van der Waals surface area contributed by atoms with Gasteiger partial charge in [0.05, 0.1) is 17.5 Å². The number of carbonyl (C=O) groups is 1. The lowest BCUT2D eigenvalue weighted by Crippen LogP contribution is -2.40. The smallest absolute Gasteiger partial charge is 0.227 e. The zero-order valence-electron chi connectivity index (χ0n) is 19.5. The molecule has 0 N–H and O–H groups in total. The maximum absolute atomic E-state index is 13.1. The Hall–Kier alpha value is -3.40. The maximum atomic E-state index is 13.1. The van der Waals surface area contributed by atoms with E-state index < -0.39 is 0 Å². The number of rotatable bonds is 5. The number of benzene rings is 3. The van der Waals surface area contributed by atoms with Crippen molar-refractivity contribution in [3.05, 3.63) is 101 Å². The van der Waals surface area contributed by atoms with Gasteiger partial charge in [-0.05, 0) is 55.5 Å². The molecule has 0 unspecified atom stereocenters. The van der Waals surface area contributed by atoms with E-state index in [1.165, 1.54) is 22.2 Å². The van der Waals surface area contributed by atoms with Crippen LogP contribution in [-0.4, -0.2) is 33.4 Å². The largest absolute Gasteiger partial charge is 0.342 e. The van der Waals surface area contributed by atoms with Gasteiger partial charge in [0.1, 0.15) is 5.82 Å².